The highest BCUT2D eigenvalue weighted by molar-refractivity contribution is 5.96. The smallest absolute Gasteiger partial charge is 0.164 e. The van der Waals surface area contributed by atoms with Crippen molar-refractivity contribution in [3.05, 3.63) is 29.6 Å². The minimum atomic E-state index is 0.0425. The van der Waals surface area contributed by atoms with E-state index in [-0.39, 0.29) is 11.2 Å². The van der Waals surface area contributed by atoms with E-state index in [1.165, 1.54) is 0 Å². The van der Waals surface area contributed by atoms with Crippen LogP contribution in [0.2, 0.25) is 0 Å². The number of Topliss-reactive ketones (excluding diaryl/α,β-unsaturated/α-hetero) is 1. The third-order valence-corrected chi connectivity index (χ3v) is 1.89. The van der Waals surface area contributed by atoms with Gasteiger partial charge in [0.1, 0.15) is 0 Å². The molecule has 1 aromatic rings. The molecule has 0 spiro atoms. The molecule has 76 valence electrons. The lowest BCUT2D eigenvalue weighted by Crippen LogP contribution is -2.13. The third kappa shape index (κ3) is 3.29. The number of hydrogen-bond donors (Lipinski definition) is 0. The summed E-state index contributed by atoms with van der Waals surface area (Å²) in [7, 11) is 0. The summed E-state index contributed by atoms with van der Waals surface area (Å²) in [6.45, 7) is 8.14. The molecule has 0 fully saturated rings. The van der Waals surface area contributed by atoms with Gasteiger partial charge in [0.15, 0.2) is 5.78 Å². The van der Waals surface area contributed by atoms with Crippen molar-refractivity contribution in [1.82, 2.24) is 4.98 Å². The summed E-state index contributed by atoms with van der Waals surface area (Å²) >= 11 is 0. The number of rotatable bonds is 2. The van der Waals surface area contributed by atoms with Crippen molar-refractivity contribution in [3.63, 3.8) is 0 Å². The molecule has 14 heavy (non-hydrogen) atoms. The van der Waals surface area contributed by atoms with Crippen LogP contribution >= 0.6 is 0 Å². The van der Waals surface area contributed by atoms with Gasteiger partial charge in [0.2, 0.25) is 0 Å². The Bertz CT molecular complexity index is 336. The number of ketones is 1. The van der Waals surface area contributed by atoms with Crippen LogP contribution in [0, 0.1) is 12.3 Å². The molecule has 1 heterocycles. The molecule has 0 atom stereocenters. The molecule has 0 radical (unpaired) electrons. The average Bonchev–Trinajstić information content (AvgIpc) is 2.01. The van der Waals surface area contributed by atoms with Crippen molar-refractivity contribution in [2.24, 2.45) is 5.41 Å². The molecular weight excluding hydrogens is 174 g/mol. The molecule has 0 aliphatic carbocycles. The second-order valence-corrected chi connectivity index (χ2v) is 4.91. The largest absolute Gasteiger partial charge is 0.294 e. The maximum absolute atomic E-state index is 11.8. The third-order valence-electron chi connectivity index (χ3n) is 1.89. The van der Waals surface area contributed by atoms with E-state index in [9.17, 15) is 4.79 Å². The van der Waals surface area contributed by atoms with Crippen LogP contribution in [0.5, 0.6) is 0 Å². The van der Waals surface area contributed by atoms with E-state index < -0.39 is 0 Å². The second-order valence-electron chi connectivity index (χ2n) is 4.91. The van der Waals surface area contributed by atoms with Crippen LogP contribution in [0.1, 0.15) is 43.1 Å². The van der Waals surface area contributed by atoms with Crippen molar-refractivity contribution in [2.75, 3.05) is 0 Å². The van der Waals surface area contributed by atoms with E-state index in [2.05, 4.69) is 25.8 Å². The van der Waals surface area contributed by atoms with E-state index in [1.54, 1.807) is 12.4 Å². The van der Waals surface area contributed by atoms with Crippen LogP contribution in [0.25, 0.3) is 0 Å². The highest BCUT2D eigenvalue weighted by Gasteiger charge is 2.17. The number of carbonyl (C=O) groups excluding carboxylic acids is 1. The van der Waals surface area contributed by atoms with E-state index in [0.29, 0.717) is 6.42 Å². The van der Waals surface area contributed by atoms with Gasteiger partial charge in [-0.15, -0.1) is 0 Å². The molecule has 1 rings (SSSR count). The standard InChI is InChI=1S/C12H17NO/c1-9-5-10(8-13-7-9)11(14)6-12(2,3)4/h5,7-8H,6H2,1-4H3. The second kappa shape index (κ2) is 3.91. The van der Waals surface area contributed by atoms with Crippen LogP contribution < -0.4 is 0 Å². The fourth-order valence-corrected chi connectivity index (χ4v) is 1.29. The first kappa shape index (κ1) is 10.9. The van der Waals surface area contributed by atoms with Gasteiger partial charge in [0.05, 0.1) is 0 Å². The molecule has 0 aliphatic heterocycles. The fraction of sp³-hybridized carbons (Fsp3) is 0.500. The Hall–Kier alpha value is -1.18. The van der Waals surface area contributed by atoms with E-state index in [0.717, 1.165) is 11.1 Å². The van der Waals surface area contributed by atoms with Gasteiger partial charge in [-0.25, -0.2) is 0 Å². The molecule has 2 nitrogen and oxygen atoms in total. The van der Waals surface area contributed by atoms with Crippen LogP contribution in [-0.4, -0.2) is 10.8 Å². The SMILES string of the molecule is Cc1cncc(C(=O)CC(C)(C)C)c1. The van der Waals surface area contributed by atoms with Gasteiger partial charge < -0.3 is 0 Å². The fourth-order valence-electron chi connectivity index (χ4n) is 1.29. The van der Waals surface area contributed by atoms with Gasteiger partial charge in [0, 0.05) is 24.4 Å². The Morgan fingerprint density at radius 3 is 2.50 bits per heavy atom. The first-order chi connectivity index (χ1) is 6.38. The Labute approximate surface area is 85.4 Å². The molecule has 2 heteroatoms. The molecular formula is C12H17NO. The predicted octanol–water partition coefficient (Wildman–Crippen LogP) is 3.01. The van der Waals surface area contributed by atoms with Crippen LogP contribution in [-0.2, 0) is 0 Å². The van der Waals surface area contributed by atoms with Gasteiger partial charge in [-0.2, -0.15) is 0 Å². The predicted molar refractivity (Wildman–Crippen MR) is 57.4 cm³/mol. The lowest BCUT2D eigenvalue weighted by Gasteiger charge is -2.16. The van der Waals surface area contributed by atoms with E-state index >= 15 is 0 Å². The zero-order valence-electron chi connectivity index (χ0n) is 9.29. The average molecular weight is 191 g/mol. The van der Waals surface area contributed by atoms with Crippen LogP contribution in [0.4, 0.5) is 0 Å². The Kier molecular flexibility index (Phi) is 3.04. The molecule has 0 bridgehead atoms. The highest BCUT2D eigenvalue weighted by Crippen LogP contribution is 2.21. The number of aryl methyl sites for hydroxylation is 1. The topological polar surface area (TPSA) is 30.0 Å². The first-order valence-electron chi connectivity index (χ1n) is 4.83. The van der Waals surface area contributed by atoms with Crippen LogP contribution in [0.15, 0.2) is 18.5 Å². The minimum Gasteiger partial charge on any atom is -0.294 e. The van der Waals surface area contributed by atoms with Crippen LogP contribution in [0.3, 0.4) is 0 Å². The zero-order chi connectivity index (χ0) is 10.8. The summed E-state index contributed by atoms with van der Waals surface area (Å²) in [6, 6.07) is 1.89. The summed E-state index contributed by atoms with van der Waals surface area (Å²) in [5, 5.41) is 0. The number of nitrogens with zero attached hydrogens (tertiary/aromatic N) is 1. The molecule has 0 amide bonds. The molecule has 0 unspecified atom stereocenters. The maximum atomic E-state index is 11.8. The quantitative estimate of drug-likeness (QED) is 0.672. The molecule has 0 saturated heterocycles. The van der Waals surface area contributed by atoms with Crippen molar-refractivity contribution < 1.29 is 4.79 Å². The van der Waals surface area contributed by atoms with Gasteiger partial charge in [-0.1, -0.05) is 20.8 Å². The summed E-state index contributed by atoms with van der Waals surface area (Å²) in [4.78, 5) is 15.8. The summed E-state index contributed by atoms with van der Waals surface area (Å²) in [6.07, 6.45) is 3.97. The highest BCUT2D eigenvalue weighted by atomic mass is 16.1. The number of aromatic nitrogens is 1. The summed E-state index contributed by atoms with van der Waals surface area (Å²) < 4.78 is 0. The van der Waals surface area contributed by atoms with Gasteiger partial charge in [0.25, 0.3) is 0 Å². The molecule has 0 aliphatic rings. The van der Waals surface area contributed by atoms with Crippen molar-refractivity contribution in [2.45, 2.75) is 34.1 Å². The lowest BCUT2D eigenvalue weighted by atomic mass is 9.88. The van der Waals surface area contributed by atoms with Gasteiger partial charge in [-0.05, 0) is 24.0 Å². The first-order valence-corrected chi connectivity index (χ1v) is 4.83. The minimum absolute atomic E-state index is 0.0425. The normalized spacial score (nSPS) is 11.4. The summed E-state index contributed by atoms with van der Waals surface area (Å²) in [5.74, 6) is 0.175. The van der Waals surface area contributed by atoms with Gasteiger partial charge >= 0.3 is 0 Å². The van der Waals surface area contributed by atoms with E-state index in [1.807, 2.05) is 13.0 Å². The number of hydrogen-bond acceptors (Lipinski definition) is 2. The number of pyridine rings is 1. The van der Waals surface area contributed by atoms with Crippen molar-refractivity contribution in [3.8, 4) is 0 Å². The molecule has 0 aromatic carbocycles. The lowest BCUT2D eigenvalue weighted by molar-refractivity contribution is 0.0939. The van der Waals surface area contributed by atoms with E-state index in [4.69, 9.17) is 0 Å². The summed E-state index contributed by atoms with van der Waals surface area (Å²) in [5.41, 5.74) is 1.80. The molecule has 0 N–H and O–H groups in total. The Morgan fingerprint density at radius 2 is 2.00 bits per heavy atom. The number of carbonyl (C=O) groups is 1. The molecule has 1 aromatic heterocycles. The Balaban J connectivity index is 2.80. The zero-order valence-corrected chi connectivity index (χ0v) is 9.29. The molecule has 0 saturated carbocycles. The van der Waals surface area contributed by atoms with Gasteiger partial charge in [-0.3, -0.25) is 9.78 Å². The maximum Gasteiger partial charge on any atom is 0.164 e. The van der Waals surface area contributed by atoms with Crippen molar-refractivity contribution >= 4 is 5.78 Å². The monoisotopic (exact) mass is 191 g/mol. The Morgan fingerprint density at radius 1 is 1.36 bits per heavy atom. The van der Waals surface area contributed by atoms with Crippen molar-refractivity contribution in [1.29, 1.82) is 0 Å².